The molecule has 0 aliphatic heterocycles. The van der Waals surface area contributed by atoms with Gasteiger partial charge in [0.05, 0.1) is 0 Å². The zero-order valence-corrected chi connectivity index (χ0v) is 11.5. The predicted molar refractivity (Wildman–Crippen MR) is 71.9 cm³/mol. The molecule has 3 atom stereocenters. The molecule has 17 heavy (non-hydrogen) atoms. The van der Waals surface area contributed by atoms with Crippen molar-refractivity contribution in [1.29, 1.82) is 0 Å². The smallest absolute Gasteiger partial charge is 0.0445 e. The second-order valence-electron chi connectivity index (χ2n) is 6.49. The van der Waals surface area contributed by atoms with Crippen molar-refractivity contribution < 1.29 is 5.11 Å². The van der Waals surface area contributed by atoms with Gasteiger partial charge < -0.3 is 10.4 Å². The molecular weight excluding hydrogens is 210 g/mol. The van der Waals surface area contributed by atoms with E-state index >= 15 is 0 Å². The molecule has 2 nitrogen and oxygen atoms in total. The standard InChI is InChI=1S/C15H29NO/c1-11(2)15(8-9-17)16-14-5-3-4-13(10-14)12-6-7-12/h11-17H,3-10H2,1-2H3. The van der Waals surface area contributed by atoms with Crippen LogP contribution in [0.2, 0.25) is 0 Å². The summed E-state index contributed by atoms with van der Waals surface area (Å²) in [7, 11) is 0. The molecule has 0 heterocycles. The minimum Gasteiger partial charge on any atom is -0.396 e. The van der Waals surface area contributed by atoms with Gasteiger partial charge in [0, 0.05) is 18.7 Å². The third-order valence-corrected chi connectivity index (χ3v) is 4.70. The van der Waals surface area contributed by atoms with E-state index in [1.54, 1.807) is 0 Å². The summed E-state index contributed by atoms with van der Waals surface area (Å²) >= 11 is 0. The number of rotatable bonds is 6. The molecule has 2 N–H and O–H groups in total. The van der Waals surface area contributed by atoms with E-state index in [-0.39, 0.29) is 0 Å². The Morgan fingerprint density at radius 3 is 2.47 bits per heavy atom. The Balaban J connectivity index is 1.79. The van der Waals surface area contributed by atoms with Gasteiger partial charge in [0.1, 0.15) is 0 Å². The van der Waals surface area contributed by atoms with Crippen LogP contribution in [0.4, 0.5) is 0 Å². The second-order valence-corrected chi connectivity index (χ2v) is 6.49. The maximum Gasteiger partial charge on any atom is 0.0445 e. The molecule has 0 radical (unpaired) electrons. The highest BCUT2D eigenvalue weighted by Crippen LogP contribution is 2.44. The van der Waals surface area contributed by atoms with E-state index in [9.17, 15) is 0 Å². The van der Waals surface area contributed by atoms with Gasteiger partial charge in [-0.1, -0.05) is 26.7 Å². The van der Waals surface area contributed by atoms with Crippen molar-refractivity contribution in [1.82, 2.24) is 5.32 Å². The Labute approximate surface area is 106 Å². The van der Waals surface area contributed by atoms with Crippen molar-refractivity contribution in [3.05, 3.63) is 0 Å². The van der Waals surface area contributed by atoms with Crippen molar-refractivity contribution in [3.8, 4) is 0 Å². The molecule has 0 spiro atoms. The van der Waals surface area contributed by atoms with Crippen LogP contribution in [0.15, 0.2) is 0 Å². The summed E-state index contributed by atoms with van der Waals surface area (Å²) in [5, 5.41) is 12.9. The number of hydrogen-bond donors (Lipinski definition) is 2. The molecule has 2 fully saturated rings. The summed E-state index contributed by atoms with van der Waals surface area (Å²) in [6.07, 6.45) is 9.49. The first-order chi connectivity index (χ1) is 8.20. The van der Waals surface area contributed by atoms with Crippen molar-refractivity contribution in [3.63, 3.8) is 0 Å². The summed E-state index contributed by atoms with van der Waals surface area (Å²) < 4.78 is 0. The Morgan fingerprint density at radius 2 is 1.88 bits per heavy atom. The van der Waals surface area contributed by atoms with Crippen LogP contribution in [0.1, 0.15) is 58.8 Å². The topological polar surface area (TPSA) is 32.3 Å². The molecule has 0 saturated heterocycles. The Kier molecular flexibility index (Phi) is 4.87. The van der Waals surface area contributed by atoms with Gasteiger partial charge in [0.2, 0.25) is 0 Å². The monoisotopic (exact) mass is 239 g/mol. The van der Waals surface area contributed by atoms with Crippen LogP contribution in [0.25, 0.3) is 0 Å². The molecule has 3 unspecified atom stereocenters. The predicted octanol–water partition coefficient (Wildman–Crippen LogP) is 2.95. The van der Waals surface area contributed by atoms with E-state index in [0.29, 0.717) is 24.6 Å². The van der Waals surface area contributed by atoms with E-state index in [4.69, 9.17) is 5.11 Å². The van der Waals surface area contributed by atoms with Crippen LogP contribution in [-0.4, -0.2) is 23.8 Å². The molecule has 0 bridgehead atoms. The molecular formula is C15H29NO. The highest BCUT2D eigenvalue weighted by Gasteiger charge is 2.35. The van der Waals surface area contributed by atoms with E-state index in [0.717, 1.165) is 18.3 Å². The van der Waals surface area contributed by atoms with Gasteiger partial charge in [-0.2, -0.15) is 0 Å². The van der Waals surface area contributed by atoms with Crippen molar-refractivity contribution in [2.24, 2.45) is 17.8 Å². The van der Waals surface area contributed by atoms with Gasteiger partial charge >= 0.3 is 0 Å². The average Bonchev–Trinajstić information content (AvgIpc) is 3.12. The minimum absolute atomic E-state index is 0.314. The third kappa shape index (κ3) is 3.96. The highest BCUT2D eigenvalue weighted by atomic mass is 16.3. The first kappa shape index (κ1) is 13.4. The molecule has 0 aromatic carbocycles. The number of hydrogen-bond acceptors (Lipinski definition) is 2. The molecule has 2 saturated carbocycles. The number of aliphatic hydroxyl groups is 1. The van der Waals surface area contributed by atoms with Gasteiger partial charge in [-0.3, -0.25) is 0 Å². The van der Waals surface area contributed by atoms with Crippen molar-refractivity contribution >= 4 is 0 Å². The SMILES string of the molecule is CC(C)C(CCO)NC1CCCC(C2CC2)C1. The van der Waals surface area contributed by atoms with Gasteiger partial charge in [0.15, 0.2) is 0 Å². The number of aliphatic hydroxyl groups excluding tert-OH is 1. The van der Waals surface area contributed by atoms with Crippen LogP contribution >= 0.6 is 0 Å². The molecule has 0 aromatic rings. The van der Waals surface area contributed by atoms with Gasteiger partial charge in [-0.05, 0) is 49.9 Å². The van der Waals surface area contributed by atoms with Crippen LogP contribution in [0.5, 0.6) is 0 Å². The van der Waals surface area contributed by atoms with Gasteiger partial charge in [-0.15, -0.1) is 0 Å². The first-order valence-corrected chi connectivity index (χ1v) is 7.57. The largest absolute Gasteiger partial charge is 0.396 e. The molecule has 2 rings (SSSR count). The molecule has 0 amide bonds. The fourth-order valence-electron chi connectivity index (χ4n) is 3.43. The van der Waals surface area contributed by atoms with Crippen molar-refractivity contribution in [2.45, 2.75) is 70.9 Å². The van der Waals surface area contributed by atoms with Crippen molar-refractivity contribution in [2.75, 3.05) is 6.61 Å². The third-order valence-electron chi connectivity index (χ3n) is 4.70. The zero-order chi connectivity index (χ0) is 12.3. The van der Waals surface area contributed by atoms with Crippen LogP contribution in [0, 0.1) is 17.8 Å². The molecule has 2 aliphatic carbocycles. The molecule has 100 valence electrons. The fraction of sp³-hybridized carbons (Fsp3) is 1.00. The Hall–Kier alpha value is -0.0800. The van der Waals surface area contributed by atoms with Gasteiger partial charge in [-0.25, -0.2) is 0 Å². The van der Waals surface area contributed by atoms with Crippen LogP contribution in [-0.2, 0) is 0 Å². The normalized spacial score (nSPS) is 31.8. The Morgan fingerprint density at radius 1 is 1.12 bits per heavy atom. The van der Waals surface area contributed by atoms with Gasteiger partial charge in [0.25, 0.3) is 0 Å². The highest BCUT2D eigenvalue weighted by molar-refractivity contribution is 4.89. The first-order valence-electron chi connectivity index (χ1n) is 7.57. The minimum atomic E-state index is 0.314. The summed E-state index contributed by atoms with van der Waals surface area (Å²) in [6, 6.07) is 1.22. The lowest BCUT2D eigenvalue weighted by Gasteiger charge is -2.34. The number of nitrogens with one attached hydrogen (secondary N) is 1. The van der Waals surface area contributed by atoms with E-state index < -0.39 is 0 Å². The fourth-order valence-corrected chi connectivity index (χ4v) is 3.43. The lowest BCUT2D eigenvalue weighted by Crippen LogP contribution is -2.44. The lowest BCUT2D eigenvalue weighted by molar-refractivity contribution is 0.200. The Bertz CT molecular complexity index is 225. The second kappa shape index (κ2) is 6.19. The summed E-state index contributed by atoms with van der Waals surface area (Å²) in [5.74, 6) is 2.70. The summed E-state index contributed by atoms with van der Waals surface area (Å²) in [4.78, 5) is 0. The molecule has 2 heteroatoms. The van der Waals surface area contributed by atoms with E-state index in [1.807, 2.05) is 0 Å². The average molecular weight is 239 g/mol. The maximum atomic E-state index is 9.13. The molecule has 2 aliphatic rings. The zero-order valence-electron chi connectivity index (χ0n) is 11.5. The molecule has 0 aromatic heterocycles. The van der Waals surface area contributed by atoms with Crippen LogP contribution < -0.4 is 5.32 Å². The maximum absolute atomic E-state index is 9.13. The summed E-state index contributed by atoms with van der Waals surface area (Å²) in [6.45, 7) is 4.83. The van der Waals surface area contributed by atoms with E-state index in [1.165, 1.54) is 38.5 Å². The quantitative estimate of drug-likeness (QED) is 0.747. The summed E-state index contributed by atoms with van der Waals surface area (Å²) in [5.41, 5.74) is 0. The van der Waals surface area contributed by atoms with Crippen LogP contribution in [0.3, 0.4) is 0 Å². The lowest BCUT2D eigenvalue weighted by atomic mass is 9.82. The van der Waals surface area contributed by atoms with E-state index in [2.05, 4.69) is 19.2 Å².